The van der Waals surface area contributed by atoms with E-state index in [0.717, 1.165) is 0 Å². The van der Waals surface area contributed by atoms with Crippen LogP contribution in [0.5, 0.6) is 0 Å². The summed E-state index contributed by atoms with van der Waals surface area (Å²) in [4.78, 5) is 22.3. The van der Waals surface area contributed by atoms with Crippen LogP contribution in [0.25, 0.3) is 0 Å². The molecule has 0 spiro atoms. The lowest BCUT2D eigenvalue weighted by Gasteiger charge is -2.17. The molecule has 0 aromatic rings. The maximum Gasteiger partial charge on any atom is 0.323 e. The average Bonchev–Trinajstić information content (AvgIpc) is 1.99. The van der Waals surface area contributed by atoms with Crippen LogP contribution in [0.2, 0.25) is 0 Å². The van der Waals surface area contributed by atoms with Crippen molar-refractivity contribution in [2.75, 3.05) is 7.11 Å². The second-order valence-corrected chi connectivity index (χ2v) is 5.80. The lowest BCUT2D eigenvalue weighted by molar-refractivity contribution is -0.143. The van der Waals surface area contributed by atoms with E-state index in [0.29, 0.717) is 0 Å². The summed E-state index contributed by atoms with van der Waals surface area (Å²) in [5.74, 6) is -0.548. The molecule has 0 rings (SSSR count). The number of hydrogen-bond donors (Lipinski definition) is 1. The van der Waals surface area contributed by atoms with Gasteiger partial charge >= 0.3 is 5.97 Å². The van der Waals surface area contributed by atoms with E-state index in [-0.39, 0.29) is 16.3 Å². The predicted molar refractivity (Wildman–Crippen MR) is 57.0 cm³/mol. The Hall–Kier alpha value is -0.550. The van der Waals surface area contributed by atoms with E-state index >= 15 is 0 Å². The molecule has 0 radical (unpaired) electrons. The van der Waals surface area contributed by atoms with Gasteiger partial charge in [-0.05, 0) is 0 Å². The fourth-order valence-corrected chi connectivity index (χ4v) is 1.74. The first-order chi connectivity index (χ1) is 6.26. The third-order valence-electron chi connectivity index (χ3n) is 1.31. The fraction of sp³-hybridized carbons (Fsp3) is 0.778. The molecule has 0 bridgehead atoms. The van der Waals surface area contributed by atoms with Gasteiger partial charge in [0.15, 0.2) is 5.12 Å². The number of nitrogens with two attached hydrogens (primary N) is 1. The van der Waals surface area contributed by atoms with Crippen molar-refractivity contribution in [3.63, 3.8) is 0 Å². The van der Waals surface area contributed by atoms with Gasteiger partial charge in [-0.25, -0.2) is 0 Å². The van der Waals surface area contributed by atoms with Crippen LogP contribution in [0.1, 0.15) is 27.2 Å². The Kier molecular flexibility index (Phi) is 5.15. The standard InChI is InChI=1S/C9H17NO3S/c1-9(2,3)14-7(11)5-6(10)8(12)13-4/h6H,5,10H2,1-4H3. The second-order valence-electron chi connectivity index (χ2n) is 3.92. The number of carbonyl (C=O) groups excluding carboxylic acids is 2. The van der Waals surface area contributed by atoms with Crippen LogP contribution in [-0.4, -0.2) is 29.0 Å². The lowest BCUT2D eigenvalue weighted by Crippen LogP contribution is -2.33. The molecule has 0 aliphatic rings. The Balaban J connectivity index is 4.01. The van der Waals surface area contributed by atoms with Gasteiger partial charge in [0.05, 0.1) is 7.11 Å². The molecular weight excluding hydrogens is 202 g/mol. The predicted octanol–water partition coefficient (Wildman–Crippen LogP) is 0.935. The van der Waals surface area contributed by atoms with Gasteiger partial charge in [-0.2, -0.15) is 0 Å². The molecule has 2 N–H and O–H groups in total. The van der Waals surface area contributed by atoms with E-state index in [1.54, 1.807) is 0 Å². The van der Waals surface area contributed by atoms with Crippen LogP contribution in [0, 0.1) is 0 Å². The minimum Gasteiger partial charge on any atom is -0.468 e. The van der Waals surface area contributed by atoms with Gasteiger partial charge in [0, 0.05) is 11.2 Å². The van der Waals surface area contributed by atoms with E-state index < -0.39 is 12.0 Å². The molecule has 0 amide bonds. The molecule has 5 heteroatoms. The number of rotatable bonds is 3. The summed E-state index contributed by atoms with van der Waals surface area (Å²) in [6.07, 6.45) is 0.0224. The minimum absolute atomic E-state index is 0.0224. The van der Waals surface area contributed by atoms with Crippen LogP contribution < -0.4 is 5.73 Å². The SMILES string of the molecule is COC(=O)C(N)CC(=O)SC(C)(C)C. The number of esters is 1. The van der Waals surface area contributed by atoms with Gasteiger partial charge < -0.3 is 10.5 Å². The molecule has 0 aromatic carbocycles. The molecule has 4 nitrogen and oxygen atoms in total. The number of ether oxygens (including phenoxy) is 1. The van der Waals surface area contributed by atoms with Crippen molar-refractivity contribution in [1.82, 2.24) is 0 Å². The van der Waals surface area contributed by atoms with Crippen molar-refractivity contribution in [2.24, 2.45) is 5.73 Å². The van der Waals surface area contributed by atoms with Gasteiger partial charge in [0.1, 0.15) is 6.04 Å². The van der Waals surface area contributed by atoms with Crippen molar-refractivity contribution >= 4 is 22.8 Å². The molecule has 1 atom stereocenters. The van der Waals surface area contributed by atoms with Gasteiger partial charge in [-0.3, -0.25) is 9.59 Å². The van der Waals surface area contributed by atoms with Crippen LogP contribution in [0.3, 0.4) is 0 Å². The van der Waals surface area contributed by atoms with E-state index in [4.69, 9.17) is 5.73 Å². The van der Waals surface area contributed by atoms with Crippen LogP contribution in [0.15, 0.2) is 0 Å². The molecule has 1 unspecified atom stereocenters. The molecule has 0 aliphatic carbocycles. The van der Waals surface area contributed by atoms with Gasteiger partial charge in [-0.15, -0.1) is 0 Å². The highest BCUT2D eigenvalue weighted by Gasteiger charge is 2.22. The Morgan fingerprint density at radius 3 is 2.29 bits per heavy atom. The largest absolute Gasteiger partial charge is 0.468 e. The Bertz CT molecular complexity index is 223. The summed E-state index contributed by atoms with van der Waals surface area (Å²) in [5, 5.41) is -0.0876. The van der Waals surface area contributed by atoms with Crippen molar-refractivity contribution < 1.29 is 14.3 Å². The first-order valence-electron chi connectivity index (χ1n) is 4.31. The topological polar surface area (TPSA) is 69.4 Å². The Morgan fingerprint density at radius 2 is 1.93 bits per heavy atom. The fourth-order valence-electron chi connectivity index (χ4n) is 0.797. The maximum absolute atomic E-state index is 11.4. The molecule has 0 saturated carbocycles. The third-order valence-corrected chi connectivity index (χ3v) is 2.32. The highest BCUT2D eigenvalue weighted by Crippen LogP contribution is 2.25. The van der Waals surface area contributed by atoms with E-state index in [1.807, 2.05) is 20.8 Å². The molecule has 0 heterocycles. The lowest BCUT2D eigenvalue weighted by atomic mass is 10.2. The monoisotopic (exact) mass is 219 g/mol. The Morgan fingerprint density at radius 1 is 1.43 bits per heavy atom. The Labute approximate surface area is 88.6 Å². The molecular formula is C9H17NO3S. The summed E-state index contributed by atoms with van der Waals surface area (Å²) in [7, 11) is 1.25. The van der Waals surface area contributed by atoms with Crippen molar-refractivity contribution in [1.29, 1.82) is 0 Å². The summed E-state index contributed by atoms with van der Waals surface area (Å²) in [6.45, 7) is 5.79. The maximum atomic E-state index is 11.4. The molecule has 0 aromatic heterocycles. The summed E-state index contributed by atoms with van der Waals surface area (Å²) in [6, 6.07) is -0.845. The normalized spacial score (nSPS) is 13.5. The van der Waals surface area contributed by atoms with E-state index in [9.17, 15) is 9.59 Å². The molecule has 0 saturated heterocycles. The zero-order valence-electron chi connectivity index (χ0n) is 8.99. The number of carbonyl (C=O) groups is 2. The molecule has 14 heavy (non-hydrogen) atoms. The van der Waals surface area contributed by atoms with Gasteiger partial charge in [0.25, 0.3) is 0 Å². The van der Waals surface area contributed by atoms with Crippen molar-refractivity contribution in [3.05, 3.63) is 0 Å². The first-order valence-corrected chi connectivity index (χ1v) is 5.13. The molecule has 0 fully saturated rings. The zero-order chi connectivity index (χ0) is 11.4. The summed E-state index contributed by atoms with van der Waals surface area (Å²) >= 11 is 1.19. The first kappa shape index (κ1) is 13.4. The second kappa shape index (κ2) is 5.36. The van der Waals surface area contributed by atoms with Gasteiger partial charge in [-0.1, -0.05) is 32.5 Å². The molecule has 82 valence electrons. The quantitative estimate of drug-likeness (QED) is 0.715. The highest BCUT2D eigenvalue weighted by molar-refractivity contribution is 8.14. The molecule has 0 aliphatic heterocycles. The van der Waals surface area contributed by atoms with Crippen LogP contribution in [0.4, 0.5) is 0 Å². The number of hydrogen-bond acceptors (Lipinski definition) is 5. The summed E-state index contributed by atoms with van der Waals surface area (Å²) < 4.78 is 4.27. The van der Waals surface area contributed by atoms with Gasteiger partial charge in [0.2, 0.25) is 0 Å². The number of methoxy groups -OCH3 is 1. The third kappa shape index (κ3) is 5.99. The number of thioether (sulfide) groups is 1. The van der Waals surface area contributed by atoms with Crippen molar-refractivity contribution in [2.45, 2.75) is 38.0 Å². The van der Waals surface area contributed by atoms with E-state index in [1.165, 1.54) is 18.9 Å². The smallest absolute Gasteiger partial charge is 0.323 e. The minimum atomic E-state index is -0.845. The van der Waals surface area contributed by atoms with Crippen LogP contribution >= 0.6 is 11.8 Å². The van der Waals surface area contributed by atoms with E-state index in [2.05, 4.69) is 4.74 Å². The van der Waals surface area contributed by atoms with Crippen LogP contribution in [-0.2, 0) is 14.3 Å². The average molecular weight is 219 g/mol. The van der Waals surface area contributed by atoms with Crippen molar-refractivity contribution in [3.8, 4) is 0 Å². The highest BCUT2D eigenvalue weighted by atomic mass is 32.2. The summed E-state index contributed by atoms with van der Waals surface area (Å²) in [5.41, 5.74) is 5.44. The zero-order valence-corrected chi connectivity index (χ0v) is 9.81.